The molecule has 1 N–H and O–H groups in total. The lowest BCUT2D eigenvalue weighted by atomic mass is 10.00. The predicted molar refractivity (Wildman–Crippen MR) is 145 cm³/mol. The van der Waals surface area contributed by atoms with Crippen molar-refractivity contribution < 1.29 is 23.5 Å². The van der Waals surface area contributed by atoms with Crippen molar-refractivity contribution in [2.45, 2.75) is 18.4 Å². The van der Waals surface area contributed by atoms with Crippen molar-refractivity contribution in [2.24, 2.45) is 0 Å². The van der Waals surface area contributed by atoms with Crippen LogP contribution >= 0.6 is 23.2 Å². The van der Waals surface area contributed by atoms with Crippen LogP contribution in [0.4, 0.5) is 14.9 Å². The quantitative estimate of drug-likeness (QED) is 0.304. The van der Waals surface area contributed by atoms with Gasteiger partial charge in [0.15, 0.2) is 11.4 Å². The van der Waals surface area contributed by atoms with Crippen LogP contribution in [-0.2, 0) is 16.7 Å². The minimum Gasteiger partial charge on any atom is -0.453 e. The number of tetrazole rings is 1. The number of carbonyl (C=O) groups is 1. The van der Waals surface area contributed by atoms with Gasteiger partial charge in [0.25, 0.3) is 5.69 Å². The molecule has 0 saturated carbocycles. The molecule has 3 aromatic heterocycles. The number of nitrogens with one attached hydrogen (secondary N) is 1. The summed E-state index contributed by atoms with van der Waals surface area (Å²) < 4.78 is 25.4. The highest BCUT2D eigenvalue weighted by atomic mass is 35.5. The summed E-state index contributed by atoms with van der Waals surface area (Å²) in [6.07, 6.45) is 5.76. The zero-order valence-corrected chi connectivity index (χ0v) is 23.1. The van der Waals surface area contributed by atoms with Crippen molar-refractivity contribution in [1.29, 1.82) is 0 Å². The lowest BCUT2D eigenvalue weighted by molar-refractivity contribution is -0.891. The minimum absolute atomic E-state index is 0.0191. The van der Waals surface area contributed by atoms with E-state index in [4.69, 9.17) is 33.0 Å². The fourth-order valence-electron chi connectivity index (χ4n) is 5.79. The normalized spacial score (nSPS) is 16.4. The molecule has 1 atom stereocenters. The highest BCUT2D eigenvalue weighted by Gasteiger charge is 2.65. The first-order valence-electron chi connectivity index (χ1n) is 12.5. The molecule has 1 aliphatic heterocycles. The van der Waals surface area contributed by atoms with Gasteiger partial charge in [-0.05, 0) is 59.7 Å². The van der Waals surface area contributed by atoms with Gasteiger partial charge in [0.1, 0.15) is 19.3 Å². The molecule has 14 heteroatoms. The lowest BCUT2D eigenvalue weighted by Crippen LogP contribution is -2.47. The molecule has 4 heterocycles. The third-order valence-corrected chi connectivity index (χ3v) is 8.16. The molecule has 1 amide bonds. The van der Waals surface area contributed by atoms with Gasteiger partial charge in [-0.1, -0.05) is 23.2 Å². The number of anilines is 1. The van der Waals surface area contributed by atoms with Crippen molar-refractivity contribution >= 4 is 35.0 Å². The van der Waals surface area contributed by atoms with Gasteiger partial charge >= 0.3 is 6.09 Å². The fourth-order valence-corrected chi connectivity index (χ4v) is 6.22. The molecule has 0 bridgehead atoms. The average molecular weight is 594 g/mol. The summed E-state index contributed by atoms with van der Waals surface area (Å²) in [5.74, 6) is 0.289. The van der Waals surface area contributed by atoms with Crippen LogP contribution in [0.1, 0.15) is 23.5 Å². The first-order valence-corrected chi connectivity index (χ1v) is 13.2. The Labute approximate surface area is 242 Å². The average Bonchev–Trinajstić information content (AvgIpc) is 3.46. The molecule has 1 spiro atoms. The lowest BCUT2D eigenvalue weighted by Gasteiger charge is -2.13. The second-order valence-corrected chi connectivity index (χ2v) is 10.4. The number of methoxy groups -OCH3 is 1. The summed E-state index contributed by atoms with van der Waals surface area (Å²) >= 11 is 12.8. The summed E-state index contributed by atoms with van der Waals surface area (Å²) in [6, 6.07) is 10.3. The SMILES string of the molecule is COC(=O)Nc1ccc(-c2cnc3n2C32CCc3cc(-c4c(-n5cnnn5)ccc(Cl)c4F)c[n+](OC)c32)c(Cl)c1. The van der Waals surface area contributed by atoms with E-state index in [1.807, 2.05) is 12.1 Å². The number of benzene rings is 2. The maximum Gasteiger partial charge on any atom is 0.411 e. The number of halogens is 3. The van der Waals surface area contributed by atoms with E-state index in [0.717, 1.165) is 34.8 Å². The van der Waals surface area contributed by atoms with Crippen molar-refractivity contribution in [3.8, 4) is 28.1 Å². The minimum atomic E-state index is -0.587. The zero-order valence-electron chi connectivity index (χ0n) is 21.6. The second-order valence-electron chi connectivity index (χ2n) is 9.59. The maximum atomic E-state index is 15.5. The Morgan fingerprint density at radius 3 is 2.76 bits per heavy atom. The third kappa shape index (κ3) is 3.71. The third-order valence-electron chi connectivity index (χ3n) is 7.55. The summed E-state index contributed by atoms with van der Waals surface area (Å²) in [5, 5.41) is 14.4. The monoisotopic (exact) mass is 593 g/mol. The van der Waals surface area contributed by atoms with Gasteiger partial charge in [0.05, 0.1) is 45.9 Å². The van der Waals surface area contributed by atoms with E-state index in [1.54, 1.807) is 42.4 Å². The Hall–Kier alpha value is -4.55. The van der Waals surface area contributed by atoms with Crippen molar-refractivity contribution in [3.05, 3.63) is 88.1 Å². The van der Waals surface area contributed by atoms with Crippen molar-refractivity contribution in [3.63, 3.8) is 0 Å². The molecule has 0 fully saturated rings. The smallest absolute Gasteiger partial charge is 0.411 e. The Balaban J connectivity index is 1.31. The largest absolute Gasteiger partial charge is 0.453 e. The topological polar surface area (TPSA) is 113 Å². The number of hydrogen-bond donors (Lipinski definition) is 1. The number of nitrogens with zero attached hydrogens (tertiary/aromatic N) is 7. The van der Waals surface area contributed by atoms with Gasteiger partial charge in [-0.15, -0.1) is 5.10 Å². The van der Waals surface area contributed by atoms with Gasteiger partial charge in [-0.25, -0.2) is 14.2 Å². The van der Waals surface area contributed by atoms with Crippen LogP contribution in [0.3, 0.4) is 0 Å². The molecule has 0 saturated heterocycles. The predicted octanol–water partition coefficient (Wildman–Crippen LogP) is 4.21. The van der Waals surface area contributed by atoms with Gasteiger partial charge in [0, 0.05) is 21.5 Å². The van der Waals surface area contributed by atoms with Crippen LogP contribution in [0.25, 0.3) is 28.1 Å². The molecule has 1 unspecified atom stereocenters. The maximum absolute atomic E-state index is 15.5. The number of hydrogen-bond acceptors (Lipinski definition) is 7. The molecule has 2 aliphatic rings. The van der Waals surface area contributed by atoms with Crippen LogP contribution in [0.5, 0.6) is 0 Å². The standard InChI is InChI=1S/C27H19Cl2FN8O3/c1-40-26(39)33-16-3-4-17(19(29)10-16)21-11-31-25-27(38(21)25)8-7-14-9-15(12-37(41-2)24(14)27)22-20(36-13-32-34-35-36)6-5-18(28)23(22)30/h3-6,9-13H,7-8H2,1-2H3/p+1. The number of aryl methyl sites for hydroxylation is 1. The van der Waals surface area contributed by atoms with E-state index in [9.17, 15) is 4.79 Å². The summed E-state index contributed by atoms with van der Waals surface area (Å²) in [7, 11) is 2.85. The highest BCUT2D eigenvalue weighted by molar-refractivity contribution is 6.33. The number of aromatic nitrogens is 7. The summed E-state index contributed by atoms with van der Waals surface area (Å²) in [6.45, 7) is 0. The van der Waals surface area contributed by atoms with Crippen LogP contribution in [0.15, 0.2) is 55.1 Å². The number of carbonyl (C=O) groups excluding carboxylic acids is 1. The number of pyridine rings is 1. The highest BCUT2D eigenvalue weighted by Crippen LogP contribution is 2.57. The molecular weight excluding hydrogens is 574 g/mol. The molecule has 0 radical (unpaired) electrons. The van der Waals surface area contributed by atoms with Gasteiger partial charge in [-0.3, -0.25) is 10.2 Å². The van der Waals surface area contributed by atoms with E-state index in [-0.39, 0.29) is 10.6 Å². The van der Waals surface area contributed by atoms with E-state index in [0.29, 0.717) is 28.4 Å². The fraction of sp³-hybridized carbons (Fsp3) is 0.185. The molecule has 1 aliphatic carbocycles. The van der Waals surface area contributed by atoms with Crippen LogP contribution in [0, 0.1) is 5.82 Å². The first kappa shape index (κ1) is 25.4. The number of imidazole rings is 1. The molecule has 11 nitrogen and oxygen atoms in total. The Kier molecular flexibility index (Phi) is 5.73. The Bertz CT molecular complexity index is 1880. The van der Waals surface area contributed by atoms with Crippen LogP contribution < -0.4 is 14.9 Å². The molecule has 206 valence electrons. The van der Waals surface area contributed by atoms with E-state index < -0.39 is 17.4 Å². The molecule has 7 rings (SSSR count). The molecule has 5 aromatic rings. The Morgan fingerprint density at radius 2 is 2.02 bits per heavy atom. The number of fused-ring (bicyclic) bond motifs is 5. The van der Waals surface area contributed by atoms with Crippen LogP contribution in [-0.4, -0.2) is 50.1 Å². The van der Waals surface area contributed by atoms with Gasteiger partial charge in [-0.2, -0.15) is 4.68 Å². The number of rotatable bonds is 5. The van der Waals surface area contributed by atoms with E-state index in [1.165, 1.54) is 24.2 Å². The van der Waals surface area contributed by atoms with Gasteiger partial charge < -0.3 is 9.30 Å². The molecule has 2 aromatic carbocycles. The molecule has 41 heavy (non-hydrogen) atoms. The van der Waals surface area contributed by atoms with E-state index >= 15 is 4.39 Å². The summed E-state index contributed by atoms with van der Waals surface area (Å²) in [5.41, 5.74) is 4.71. The van der Waals surface area contributed by atoms with Crippen molar-refractivity contribution in [1.82, 2.24) is 29.8 Å². The van der Waals surface area contributed by atoms with Crippen LogP contribution in [0.2, 0.25) is 10.0 Å². The van der Waals surface area contributed by atoms with Gasteiger partial charge in [0.2, 0.25) is 6.20 Å². The zero-order chi connectivity index (χ0) is 28.5. The second kappa shape index (κ2) is 9.25. The Morgan fingerprint density at radius 1 is 1.17 bits per heavy atom. The first-order chi connectivity index (χ1) is 19.9. The van der Waals surface area contributed by atoms with E-state index in [2.05, 4.69) is 30.1 Å². The van der Waals surface area contributed by atoms with Crippen molar-refractivity contribution in [2.75, 3.05) is 19.5 Å². The molecular formula is C27H20Cl2FN8O3+. The number of amides is 1. The number of ether oxygens (including phenoxy) is 1. The summed E-state index contributed by atoms with van der Waals surface area (Å²) in [4.78, 5) is 22.1.